The fourth-order valence-electron chi connectivity index (χ4n) is 2.46. The molecule has 1 N–H and O–H groups in total. The molecule has 1 amide bonds. The monoisotopic (exact) mass is 403 g/mol. The molecule has 3 aromatic rings. The number of aryl methyl sites for hydroxylation is 1. The number of amides is 1. The number of carbonyl (C=O) groups is 2. The molecule has 0 aliphatic heterocycles. The zero-order chi connectivity index (χ0) is 20.4. The second-order valence-corrected chi connectivity index (χ2v) is 6.55. The number of esters is 1. The molecule has 144 valence electrons. The van der Waals surface area contributed by atoms with Crippen molar-refractivity contribution in [2.24, 2.45) is 0 Å². The Morgan fingerprint density at radius 3 is 2.64 bits per heavy atom. The number of benzene rings is 2. The minimum Gasteiger partial charge on any atom is -0.449 e. The fraction of sp³-hybridized carbons (Fsp3) is 0.150. The topological polar surface area (TPSA) is 85.6 Å². The van der Waals surface area contributed by atoms with Gasteiger partial charge in [-0.3, -0.25) is 9.59 Å². The Hall–Kier alpha value is -3.19. The van der Waals surface area contributed by atoms with Gasteiger partial charge in [0, 0.05) is 11.8 Å². The highest BCUT2D eigenvalue weighted by Gasteiger charge is 2.22. The number of halogens is 2. The Morgan fingerprint density at radius 1 is 1.18 bits per heavy atom. The van der Waals surface area contributed by atoms with E-state index in [0.717, 1.165) is 17.7 Å². The number of fused-ring (bicyclic) bond motifs is 1. The fourth-order valence-corrected chi connectivity index (χ4v) is 2.64. The van der Waals surface area contributed by atoms with Crippen molar-refractivity contribution < 1.29 is 23.1 Å². The number of rotatable bonds is 4. The van der Waals surface area contributed by atoms with E-state index in [9.17, 15) is 18.8 Å². The van der Waals surface area contributed by atoms with E-state index >= 15 is 0 Å². The van der Waals surface area contributed by atoms with Crippen LogP contribution in [0.3, 0.4) is 0 Å². The molecule has 0 aliphatic rings. The molecule has 1 atom stereocenters. The highest BCUT2D eigenvalue weighted by molar-refractivity contribution is 6.31. The first-order valence-electron chi connectivity index (χ1n) is 8.26. The van der Waals surface area contributed by atoms with Crippen LogP contribution in [0.5, 0.6) is 0 Å². The summed E-state index contributed by atoms with van der Waals surface area (Å²) in [6.07, 6.45) is -1.20. The van der Waals surface area contributed by atoms with E-state index in [-0.39, 0.29) is 22.1 Å². The van der Waals surface area contributed by atoms with Crippen LogP contribution in [-0.4, -0.2) is 18.0 Å². The maximum atomic E-state index is 13.2. The third-order valence-corrected chi connectivity index (χ3v) is 4.21. The summed E-state index contributed by atoms with van der Waals surface area (Å²) in [5.74, 6) is -2.55. The summed E-state index contributed by atoms with van der Waals surface area (Å²) < 4.78 is 23.7. The maximum absolute atomic E-state index is 13.2. The Bertz CT molecular complexity index is 1140. The summed E-state index contributed by atoms with van der Waals surface area (Å²) in [5.41, 5.74) is 0.964. The van der Waals surface area contributed by atoms with Gasteiger partial charge in [0.1, 0.15) is 11.4 Å². The molecule has 8 heteroatoms. The second-order valence-electron chi connectivity index (χ2n) is 6.14. The normalized spacial score (nSPS) is 11.9. The van der Waals surface area contributed by atoms with E-state index in [1.54, 1.807) is 18.2 Å². The van der Waals surface area contributed by atoms with Gasteiger partial charge >= 0.3 is 5.97 Å². The Kier molecular flexibility index (Phi) is 5.46. The van der Waals surface area contributed by atoms with E-state index in [1.807, 2.05) is 6.92 Å². The van der Waals surface area contributed by atoms with Crippen LogP contribution in [0.4, 0.5) is 10.1 Å². The molecule has 6 nitrogen and oxygen atoms in total. The Labute approximate surface area is 163 Å². The van der Waals surface area contributed by atoms with Crippen molar-refractivity contribution in [1.29, 1.82) is 0 Å². The lowest BCUT2D eigenvalue weighted by molar-refractivity contribution is -0.123. The van der Waals surface area contributed by atoms with Crippen molar-refractivity contribution in [2.45, 2.75) is 20.0 Å². The van der Waals surface area contributed by atoms with Gasteiger partial charge in [0.05, 0.1) is 10.4 Å². The molecule has 0 spiro atoms. The van der Waals surface area contributed by atoms with Gasteiger partial charge in [0.15, 0.2) is 11.5 Å². The Balaban J connectivity index is 1.73. The maximum Gasteiger partial charge on any atom is 0.375 e. The third kappa shape index (κ3) is 4.20. The quantitative estimate of drug-likeness (QED) is 0.663. The van der Waals surface area contributed by atoms with Crippen molar-refractivity contribution in [1.82, 2.24) is 0 Å². The highest BCUT2D eigenvalue weighted by Crippen LogP contribution is 2.20. The van der Waals surface area contributed by atoms with Crippen LogP contribution in [0, 0.1) is 12.7 Å². The van der Waals surface area contributed by atoms with Crippen LogP contribution >= 0.6 is 11.6 Å². The van der Waals surface area contributed by atoms with Gasteiger partial charge < -0.3 is 14.5 Å². The molecular weight excluding hydrogens is 389 g/mol. The van der Waals surface area contributed by atoms with Crippen molar-refractivity contribution in [3.8, 4) is 0 Å². The number of nitrogens with one attached hydrogen (secondary N) is 1. The van der Waals surface area contributed by atoms with E-state index in [1.165, 1.54) is 19.1 Å². The Morgan fingerprint density at radius 2 is 1.93 bits per heavy atom. The summed E-state index contributed by atoms with van der Waals surface area (Å²) >= 11 is 5.66. The van der Waals surface area contributed by atoms with Gasteiger partial charge in [-0.15, -0.1) is 0 Å². The summed E-state index contributed by atoms with van der Waals surface area (Å²) in [4.78, 5) is 36.6. The predicted octanol–water partition coefficient (Wildman–Crippen LogP) is 4.08. The molecule has 1 aromatic heterocycles. The number of ether oxygens (including phenoxy) is 1. The average Bonchev–Trinajstić information content (AvgIpc) is 2.65. The standard InChI is InChI=1S/C20H15ClFNO5/c1-10-3-6-17-13(7-10)16(24)9-18(28-17)20(26)27-11(2)19(25)23-12-4-5-15(22)14(21)8-12/h3-9,11H,1-2H3,(H,23,25)/t11-/m0/s1. The van der Waals surface area contributed by atoms with Crippen LogP contribution in [-0.2, 0) is 9.53 Å². The van der Waals surface area contributed by atoms with Crippen molar-refractivity contribution in [3.05, 3.63) is 74.9 Å². The summed E-state index contributed by atoms with van der Waals surface area (Å²) in [6.45, 7) is 3.18. The molecule has 0 saturated carbocycles. The number of carbonyl (C=O) groups excluding carboxylic acids is 2. The van der Waals surface area contributed by atoms with Crippen LogP contribution in [0.1, 0.15) is 23.0 Å². The molecule has 0 fully saturated rings. The minimum atomic E-state index is -1.20. The zero-order valence-electron chi connectivity index (χ0n) is 14.9. The number of anilines is 1. The molecule has 0 unspecified atom stereocenters. The highest BCUT2D eigenvalue weighted by atomic mass is 35.5. The first-order chi connectivity index (χ1) is 13.2. The van der Waals surface area contributed by atoms with Crippen molar-refractivity contribution in [2.75, 3.05) is 5.32 Å². The van der Waals surface area contributed by atoms with Gasteiger partial charge in [-0.2, -0.15) is 0 Å². The molecular formula is C20H15ClFNO5. The van der Waals surface area contributed by atoms with Gasteiger partial charge in [-0.25, -0.2) is 9.18 Å². The smallest absolute Gasteiger partial charge is 0.375 e. The number of hydrogen-bond acceptors (Lipinski definition) is 5. The van der Waals surface area contributed by atoms with Crippen molar-refractivity contribution in [3.63, 3.8) is 0 Å². The zero-order valence-corrected chi connectivity index (χ0v) is 15.7. The molecule has 2 aromatic carbocycles. The largest absolute Gasteiger partial charge is 0.449 e. The molecule has 0 saturated heterocycles. The average molecular weight is 404 g/mol. The van der Waals surface area contributed by atoms with E-state index < -0.39 is 29.2 Å². The second kappa shape index (κ2) is 7.82. The van der Waals surface area contributed by atoms with Crippen molar-refractivity contribution >= 4 is 40.1 Å². The van der Waals surface area contributed by atoms with E-state index in [2.05, 4.69) is 5.32 Å². The minimum absolute atomic E-state index is 0.157. The van der Waals surface area contributed by atoms with Gasteiger partial charge in [0.2, 0.25) is 5.76 Å². The SMILES string of the molecule is Cc1ccc2oc(C(=O)O[C@@H](C)C(=O)Nc3ccc(F)c(Cl)c3)cc(=O)c2c1. The van der Waals surface area contributed by atoms with E-state index in [0.29, 0.717) is 5.39 Å². The van der Waals surface area contributed by atoms with Crippen LogP contribution in [0.25, 0.3) is 11.0 Å². The van der Waals surface area contributed by atoms with Gasteiger partial charge in [-0.05, 0) is 44.2 Å². The van der Waals surface area contributed by atoms with Crippen LogP contribution < -0.4 is 10.7 Å². The van der Waals surface area contributed by atoms with Crippen LogP contribution in [0.2, 0.25) is 5.02 Å². The molecule has 0 aliphatic carbocycles. The lowest BCUT2D eigenvalue weighted by Gasteiger charge is -2.13. The molecule has 0 radical (unpaired) electrons. The van der Waals surface area contributed by atoms with Gasteiger partial charge in [0.25, 0.3) is 5.91 Å². The first-order valence-corrected chi connectivity index (χ1v) is 8.64. The summed E-state index contributed by atoms with van der Waals surface area (Å²) in [5, 5.41) is 2.64. The van der Waals surface area contributed by atoms with Gasteiger partial charge in [-0.1, -0.05) is 23.2 Å². The number of hydrogen-bond donors (Lipinski definition) is 1. The van der Waals surface area contributed by atoms with Crippen LogP contribution in [0.15, 0.2) is 51.7 Å². The first kappa shape index (κ1) is 19.6. The third-order valence-electron chi connectivity index (χ3n) is 3.92. The lowest BCUT2D eigenvalue weighted by atomic mass is 10.1. The van der Waals surface area contributed by atoms with E-state index in [4.69, 9.17) is 20.8 Å². The summed E-state index contributed by atoms with van der Waals surface area (Å²) in [7, 11) is 0. The summed E-state index contributed by atoms with van der Waals surface area (Å²) in [6, 6.07) is 9.64. The molecule has 1 heterocycles. The lowest BCUT2D eigenvalue weighted by Crippen LogP contribution is -2.30. The molecule has 3 rings (SSSR count). The predicted molar refractivity (Wildman–Crippen MR) is 102 cm³/mol. The molecule has 28 heavy (non-hydrogen) atoms. The molecule has 0 bridgehead atoms.